The molecule has 1 unspecified atom stereocenters. The average Bonchev–Trinajstić information content (AvgIpc) is 2.34. The van der Waals surface area contributed by atoms with Gasteiger partial charge in [0.1, 0.15) is 6.04 Å². The third kappa shape index (κ3) is 4.64. The van der Waals surface area contributed by atoms with Crippen LogP contribution >= 0.6 is 0 Å². The fraction of sp³-hybridized carbons (Fsp3) is 0.846. The van der Waals surface area contributed by atoms with Crippen LogP contribution in [0.2, 0.25) is 0 Å². The van der Waals surface area contributed by atoms with Gasteiger partial charge in [0, 0.05) is 12.0 Å². The standard InChI is InChI=1S/C13H24N2O3/c1-2-3-4-11(13(17)18)15-10-7-5-9(6-8-10)12(14)16/h9-11,15H,2-8H2,1H3,(H2,14,16)(H,17,18). The first kappa shape index (κ1) is 15.0. The van der Waals surface area contributed by atoms with Crippen molar-refractivity contribution < 1.29 is 14.7 Å². The normalized spacial score (nSPS) is 25.6. The summed E-state index contributed by atoms with van der Waals surface area (Å²) >= 11 is 0. The molecule has 0 spiro atoms. The molecule has 4 N–H and O–H groups in total. The number of amides is 1. The maximum atomic E-state index is 11.1. The van der Waals surface area contributed by atoms with Gasteiger partial charge in [0.15, 0.2) is 0 Å². The molecular weight excluding hydrogens is 232 g/mol. The highest BCUT2D eigenvalue weighted by atomic mass is 16.4. The monoisotopic (exact) mass is 256 g/mol. The van der Waals surface area contributed by atoms with E-state index in [2.05, 4.69) is 12.2 Å². The first-order valence-corrected chi connectivity index (χ1v) is 6.82. The van der Waals surface area contributed by atoms with Crippen LogP contribution in [0.25, 0.3) is 0 Å². The van der Waals surface area contributed by atoms with E-state index in [1.54, 1.807) is 0 Å². The van der Waals surface area contributed by atoms with Gasteiger partial charge in [-0.2, -0.15) is 0 Å². The van der Waals surface area contributed by atoms with E-state index in [-0.39, 0.29) is 17.9 Å². The fourth-order valence-corrected chi connectivity index (χ4v) is 2.52. The van der Waals surface area contributed by atoms with Crippen molar-refractivity contribution in [1.82, 2.24) is 5.32 Å². The van der Waals surface area contributed by atoms with Crippen LogP contribution in [0, 0.1) is 5.92 Å². The Morgan fingerprint density at radius 3 is 2.39 bits per heavy atom. The molecule has 104 valence electrons. The van der Waals surface area contributed by atoms with Crippen LogP contribution < -0.4 is 11.1 Å². The van der Waals surface area contributed by atoms with Crippen molar-refractivity contribution in [2.45, 2.75) is 64.0 Å². The summed E-state index contributed by atoms with van der Waals surface area (Å²) in [5.74, 6) is -1.03. The molecule has 0 aromatic rings. The molecule has 1 saturated carbocycles. The summed E-state index contributed by atoms with van der Waals surface area (Å²) in [4.78, 5) is 22.2. The Bertz CT molecular complexity index is 286. The number of unbranched alkanes of at least 4 members (excludes halogenated alkanes) is 1. The number of carboxylic acids is 1. The minimum absolute atomic E-state index is 0.0260. The van der Waals surface area contributed by atoms with Gasteiger partial charge in [-0.1, -0.05) is 19.8 Å². The lowest BCUT2D eigenvalue weighted by molar-refractivity contribution is -0.140. The highest BCUT2D eigenvalue weighted by Gasteiger charge is 2.27. The quantitative estimate of drug-likeness (QED) is 0.639. The van der Waals surface area contributed by atoms with Crippen LogP contribution in [0.15, 0.2) is 0 Å². The van der Waals surface area contributed by atoms with Crippen LogP contribution in [0.5, 0.6) is 0 Å². The van der Waals surface area contributed by atoms with E-state index in [0.29, 0.717) is 6.42 Å². The molecule has 0 radical (unpaired) electrons. The summed E-state index contributed by atoms with van der Waals surface area (Å²) in [5.41, 5.74) is 5.27. The summed E-state index contributed by atoms with van der Waals surface area (Å²) in [6.45, 7) is 2.05. The smallest absolute Gasteiger partial charge is 0.320 e. The first-order valence-electron chi connectivity index (χ1n) is 6.82. The van der Waals surface area contributed by atoms with Gasteiger partial charge in [0.2, 0.25) is 5.91 Å². The van der Waals surface area contributed by atoms with Gasteiger partial charge >= 0.3 is 5.97 Å². The Morgan fingerprint density at radius 1 is 1.33 bits per heavy atom. The molecular formula is C13H24N2O3. The third-order valence-corrected chi connectivity index (χ3v) is 3.71. The van der Waals surface area contributed by atoms with E-state index in [9.17, 15) is 9.59 Å². The third-order valence-electron chi connectivity index (χ3n) is 3.71. The summed E-state index contributed by atoms with van der Waals surface area (Å²) < 4.78 is 0. The van der Waals surface area contributed by atoms with Gasteiger partial charge in [-0.25, -0.2) is 0 Å². The number of nitrogens with two attached hydrogens (primary N) is 1. The molecule has 0 saturated heterocycles. The predicted molar refractivity (Wildman–Crippen MR) is 69.0 cm³/mol. The Kier molecular flexibility index (Phi) is 6.12. The van der Waals surface area contributed by atoms with E-state index in [1.807, 2.05) is 0 Å². The molecule has 1 amide bonds. The molecule has 1 aliphatic carbocycles. The summed E-state index contributed by atoms with van der Waals surface area (Å²) in [6.07, 6.45) is 5.80. The lowest BCUT2D eigenvalue weighted by Gasteiger charge is -2.29. The molecule has 0 aromatic heterocycles. The topological polar surface area (TPSA) is 92.4 Å². The van der Waals surface area contributed by atoms with Crippen molar-refractivity contribution in [2.75, 3.05) is 0 Å². The molecule has 0 aliphatic heterocycles. The molecule has 5 heteroatoms. The number of nitrogens with one attached hydrogen (secondary N) is 1. The van der Waals surface area contributed by atoms with Crippen LogP contribution in [0.4, 0.5) is 0 Å². The molecule has 1 aliphatic rings. The molecule has 1 fully saturated rings. The van der Waals surface area contributed by atoms with E-state index in [1.165, 1.54) is 0 Å². The Morgan fingerprint density at radius 2 is 1.94 bits per heavy atom. The largest absolute Gasteiger partial charge is 0.480 e. The number of aliphatic carboxylic acids is 1. The Balaban J connectivity index is 2.37. The van der Waals surface area contributed by atoms with Crippen molar-refractivity contribution in [2.24, 2.45) is 11.7 Å². The molecule has 0 heterocycles. The second kappa shape index (κ2) is 7.36. The zero-order valence-corrected chi connectivity index (χ0v) is 11.0. The van der Waals surface area contributed by atoms with Crippen LogP contribution in [-0.2, 0) is 9.59 Å². The number of hydrogen-bond acceptors (Lipinski definition) is 3. The number of rotatable bonds is 7. The second-order valence-corrected chi connectivity index (χ2v) is 5.15. The second-order valence-electron chi connectivity index (χ2n) is 5.15. The Labute approximate surface area is 108 Å². The molecule has 18 heavy (non-hydrogen) atoms. The molecule has 1 atom stereocenters. The minimum Gasteiger partial charge on any atom is -0.480 e. The maximum Gasteiger partial charge on any atom is 0.320 e. The van der Waals surface area contributed by atoms with Gasteiger partial charge < -0.3 is 16.2 Å². The SMILES string of the molecule is CCCCC(NC1CCC(C(N)=O)CC1)C(=O)O. The number of carbonyl (C=O) groups is 2. The highest BCUT2D eigenvalue weighted by Crippen LogP contribution is 2.24. The molecule has 0 aromatic carbocycles. The van der Waals surface area contributed by atoms with E-state index < -0.39 is 12.0 Å². The van der Waals surface area contributed by atoms with Crippen molar-refractivity contribution in [3.63, 3.8) is 0 Å². The summed E-state index contributed by atoms with van der Waals surface area (Å²) in [6, 6.07) is -0.251. The van der Waals surface area contributed by atoms with Crippen molar-refractivity contribution in [3.8, 4) is 0 Å². The van der Waals surface area contributed by atoms with Gasteiger partial charge in [0.05, 0.1) is 0 Å². The van der Waals surface area contributed by atoms with E-state index in [0.717, 1.165) is 38.5 Å². The summed E-state index contributed by atoms with van der Waals surface area (Å²) in [5, 5.41) is 12.3. The lowest BCUT2D eigenvalue weighted by atomic mass is 9.85. The highest BCUT2D eigenvalue weighted by molar-refractivity contribution is 5.76. The summed E-state index contributed by atoms with van der Waals surface area (Å²) in [7, 11) is 0. The number of carbonyl (C=O) groups excluding carboxylic acids is 1. The van der Waals surface area contributed by atoms with Gasteiger partial charge in [0.25, 0.3) is 0 Å². The molecule has 0 bridgehead atoms. The predicted octanol–water partition coefficient (Wildman–Crippen LogP) is 1.26. The number of carboxylic acid groups (broad SMARTS) is 1. The lowest BCUT2D eigenvalue weighted by Crippen LogP contribution is -2.45. The van der Waals surface area contributed by atoms with Gasteiger partial charge in [-0.05, 0) is 32.1 Å². The Hall–Kier alpha value is -1.10. The van der Waals surface area contributed by atoms with E-state index in [4.69, 9.17) is 10.8 Å². The van der Waals surface area contributed by atoms with Crippen molar-refractivity contribution in [1.29, 1.82) is 0 Å². The van der Waals surface area contributed by atoms with Crippen LogP contribution in [0.1, 0.15) is 51.9 Å². The van der Waals surface area contributed by atoms with Crippen molar-refractivity contribution in [3.05, 3.63) is 0 Å². The zero-order valence-electron chi connectivity index (χ0n) is 11.0. The van der Waals surface area contributed by atoms with E-state index >= 15 is 0 Å². The van der Waals surface area contributed by atoms with Crippen LogP contribution in [-0.4, -0.2) is 29.1 Å². The van der Waals surface area contributed by atoms with Gasteiger partial charge in [-0.15, -0.1) is 0 Å². The fourth-order valence-electron chi connectivity index (χ4n) is 2.52. The van der Waals surface area contributed by atoms with Crippen LogP contribution in [0.3, 0.4) is 0 Å². The number of primary amides is 1. The minimum atomic E-state index is -0.777. The maximum absolute atomic E-state index is 11.1. The van der Waals surface area contributed by atoms with Gasteiger partial charge in [-0.3, -0.25) is 9.59 Å². The average molecular weight is 256 g/mol. The molecule has 1 rings (SSSR count). The van der Waals surface area contributed by atoms with Crippen molar-refractivity contribution >= 4 is 11.9 Å². The molecule has 5 nitrogen and oxygen atoms in total. The first-order chi connectivity index (χ1) is 8.54. The zero-order chi connectivity index (χ0) is 13.5. The number of hydrogen-bond donors (Lipinski definition) is 3.